The second-order valence-electron chi connectivity index (χ2n) is 8.77. The van der Waals surface area contributed by atoms with E-state index in [9.17, 15) is 13.2 Å². The number of fused-ring (bicyclic) bond motifs is 2. The zero-order valence-corrected chi connectivity index (χ0v) is 21.3. The molecule has 182 valence electrons. The van der Waals surface area contributed by atoms with Crippen LogP contribution in [0.25, 0.3) is 21.7 Å². The van der Waals surface area contributed by atoms with Gasteiger partial charge in [0.2, 0.25) is 10.0 Å². The van der Waals surface area contributed by atoms with Crippen molar-refractivity contribution in [1.82, 2.24) is 18.8 Å². The molecule has 1 atom stereocenters. The Balaban J connectivity index is 1.40. The van der Waals surface area contributed by atoms with Crippen LogP contribution in [-0.4, -0.2) is 53.4 Å². The van der Waals surface area contributed by atoms with Gasteiger partial charge in [-0.25, -0.2) is 13.4 Å². The van der Waals surface area contributed by atoms with Crippen LogP contribution in [0.2, 0.25) is 5.02 Å². The zero-order chi connectivity index (χ0) is 24.7. The van der Waals surface area contributed by atoms with Crippen molar-refractivity contribution in [1.29, 1.82) is 0 Å². The molecule has 3 aromatic carbocycles. The first-order chi connectivity index (χ1) is 16.8. The lowest BCUT2D eigenvalue weighted by Gasteiger charge is -2.37. The average Bonchev–Trinajstić information content (AvgIpc) is 2.88. The van der Waals surface area contributed by atoms with E-state index >= 15 is 0 Å². The number of hydrogen-bond acceptors (Lipinski definition) is 5. The summed E-state index contributed by atoms with van der Waals surface area (Å²) in [5.74, 6) is 0.678. The lowest BCUT2D eigenvalue weighted by atomic mass is 10.1. The fraction of sp³-hybridized carbons (Fsp3) is 0.308. The third kappa shape index (κ3) is 4.25. The molecule has 1 aliphatic heterocycles. The number of sulfonamides is 1. The van der Waals surface area contributed by atoms with Crippen molar-refractivity contribution < 1.29 is 8.42 Å². The Bertz CT molecular complexity index is 1570. The third-order valence-corrected chi connectivity index (χ3v) is 9.02. The van der Waals surface area contributed by atoms with Gasteiger partial charge in [0.1, 0.15) is 5.82 Å². The van der Waals surface area contributed by atoms with Crippen molar-refractivity contribution >= 4 is 43.3 Å². The Hall–Kier alpha value is -2.78. The van der Waals surface area contributed by atoms with E-state index in [0.717, 1.165) is 10.8 Å². The SMILES string of the molecule is CCn1c(C(C)N2CCN(S(=O)(=O)c3cccc4ccccc34)CC2)nc2ccc(Cl)cc2c1=O. The van der Waals surface area contributed by atoms with E-state index in [1.54, 1.807) is 39.2 Å². The van der Waals surface area contributed by atoms with E-state index in [4.69, 9.17) is 16.6 Å². The van der Waals surface area contributed by atoms with E-state index in [-0.39, 0.29) is 11.6 Å². The molecule has 0 amide bonds. The molecule has 1 aromatic heterocycles. The molecule has 0 saturated carbocycles. The monoisotopic (exact) mass is 510 g/mol. The fourth-order valence-corrected chi connectivity index (χ4v) is 6.70. The molecule has 0 radical (unpaired) electrons. The summed E-state index contributed by atoms with van der Waals surface area (Å²) in [6.07, 6.45) is 0. The van der Waals surface area contributed by atoms with Crippen molar-refractivity contribution in [2.75, 3.05) is 26.2 Å². The molecule has 4 aromatic rings. The summed E-state index contributed by atoms with van der Waals surface area (Å²) in [6.45, 7) is 6.26. The van der Waals surface area contributed by atoms with Crippen LogP contribution in [0, 0.1) is 0 Å². The Labute approximate surface area is 209 Å². The lowest BCUT2D eigenvalue weighted by Crippen LogP contribution is -2.49. The van der Waals surface area contributed by atoms with Crippen molar-refractivity contribution in [2.45, 2.75) is 31.3 Å². The van der Waals surface area contributed by atoms with Crippen LogP contribution in [0.1, 0.15) is 25.7 Å². The second-order valence-corrected chi connectivity index (χ2v) is 11.1. The van der Waals surface area contributed by atoms with Crippen molar-refractivity contribution in [2.24, 2.45) is 0 Å². The molecule has 2 heterocycles. The van der Waals surface area contributed by atoms with Gasteiger partial charge in [0.05, 0.1) is 21.8 Å². The molecule has 0 bridgehead atoms. The summed E-state index contributed by atoms with van der Waals surface area (Å²) in [7, 11) is -3.63. The van der Waals surface area contributed by atoms with Gasteiger partial charge >= 0.3 is 0 Å². The summed E-state index contributed by atoms with van der Waals surface area (Å²) >= 11 is 6.10. The molecule has 9 heteroatoms. The highest BCUT2D eigenvalue weighted by Crippen LogP contribution is 2.28. The van der Waals surface area contributed by atoms with Gasteiger partial charge in [-0.05, 0) is 43.5 Å². The molecular weight excluding hydrogens is 484 g/mol. The van der Waals surface area contributed by atoms with Crippen LogP contribution in [0.5, 0.6) is 0 Å². The first kappa shape index (κ1) is 23.9. The van der Waals surface area contributed by atoms with E-state index in [1.165, 1.54) is 0 Å². The molecule has 1 unspecified atom stereocenters. The highest BCUT2D eigenvalue weighted by Gasteiger charge is 2.32. The summed E-state index contributed by atoms with van der Waals surface area (Å²) in [5.41, 5.74) is 0.502. The first-order valence-corrected chi connectivity index (χ1v) is 13.5. The van der Waals surface area contributed by atoms with Crippen LogP contribution in [0.3, 0.4) is 0 Å². The van der Waals surface area contributed by atoms with E-state index < -0.39 is 10.0 Å². The highest BCUT2D eigenvalue weighted by molar-refractivity contribution is 7.89. The van der Waals surface area contributed by atoms with Crippen molar-refractivity contribution in [3.05, 3.63) is 81.9 Å². The molecule has 7 nitrogen and oxygen atoms in total. The number of nitrogens with zero attached hydrogens (tertiary/aromatic N) is 4. The Morgan fingerprint density at radius 1 is 0.971 bits per heavy atom. The minimum atomic E-state index is -3.63. The summed E-state index contributed by atoms with van der Waals surface area (Å²) in [6, 6.07) is 17.9. The molecule has 1 aliphatic rings. The number of aromatic nitrogens is 2. The minimum Gasteiger partial charge on any atom is -0.295 e. The number of piperazine rings is 1. The summed E-state index contributed by atoms with van der Waals surface area (Å²) in [5, 5.41) is 2.64. The van der Waals surface area contributed by atoms with E-state index in [1.807, 2.05) is 44.2 Å². The molecule has 35 heavy (non-hydrogen) atoms. The Morgan fingerprint density at radius 2 is 1.69 bits per heavy atom. The summed E-state index contributed by atoms with van der Waals surface area (Å²) in [4.78, 5) is 20.5. The number of hydrogen-bond donors (Lipinski definition) is 0. The van der Waals surface area contributed by atoms with Crippen LogP contribution < -0.4 is 5.56 Å². The van der Waals surface area contributed by atoms with Crippen LogP contribution in [0.4, 0.5) is 0 Å². The number of benzene rings is 3. The molecular formula is C26H27ClN4O3S. The maximum absolute atomic E-state index is 13.5. The summed E-state index contributed by atoms with van der Waals surface area (Å²) < 4.78 is 30.3. The topological polar surface area (TPSA) is 75.5 Å². The van der Waals surface area contributed by atoms with E-state index in [0.29, 0.717) is 59.4 Å². The second kappa shape index (κ2) is 9.35. The maximum atomic E-state index is 13.5. The number of halogens is 1. The molecule has 1 saturated heterocycles. The molecule has 5 rings (SSSR count). The molecule has 0 aliphatic carbocycles. The predicted octanol–water partition coefficient (Wildman–Crippen LogP) is 4.29. The largest absolute Gasteiger partial charge is 0.295 e. The van der Waals surface area contributed by atoms with Gasteiger partial charge in [0.15, 0.2) is 0 Å². The first-order valence-electron chi connectivity index (χ1n) is 11.7. The molecule has 0 spiro atoms. The quantitative estimate of drug-likeness (QED) is 0.400. The molecule has 1 fully saturated rings. The predicted molar refractivity (Wildman–Crippen MR) is 139 cm³/mol. The smallest absolute Gasteiger partial charge is 0.261 e. The zero-order valence-electron chi connectivity index (χ0n) is 19.7. The maximum Gasteiger partial charge on any atom is 0.261 e. The van der Waals surface area contributed by atoms with Gasteiger partial charge < -0.3 is 0 Å². The minimum absolute atomic E-state index is 0.112. The highest BCUT2D eigenvalue weighted by atomic mass is 35.5. The van der Waals surface area contributed by atoms with Crippen molar-refractivity contribution in [3.63, 3.8) is 0 Å². The van der Waals surface area contributed by atoms with Crippen molar-refractivity contribution in [3.8, 4) is 0 Å². The fourth-order valence-electron chi connectivity index (χ4n) is 4.89. The number of rotatable bonds is 5. The normalized spacial score (nSPS) is 16.7. The van der Waals surface area contributed by atoms with Gasteiger partial charge in [-0.2, -0.15) is 4.31 Å². The van der Waals surface area contributed by atoms with Gasteiger partial charge in [-0.1, -0.05) is 48.0 Å². The average molecular weight is 511 g/mol. The molecule has 0 N–H and O–H groups in total. The Morgan fingerprint density at radius 3 is 2.43 bits per heavy atom. The van der Waals surface area contributed by atoms with Gasteiger partial charge in [-0.3, -0.25) is 14.3 Å². The lowest BCUT2D eigenvalue weighted by molar-refractivity contribution is 0.138. The standard InChI is InChI=1S/C26H27ClN4O3S/c1-3-31-25(28-23-12-11-20(27)17-22(23)26(31)32)18(2)29-13-15-30(16-14-29)35(33,34)24-10-6-8-19-7-4-5-9-21(19)24/h4-12,17-18H,3,13-16H2,1-2H3. The van der Waals surface area contributed by atoms with Gasteiger partial charge in [0.25, 0.3) is 5.56 Å². The Kier molecular flexibility index (Phi) is 6.40. The third-order valence-electron chi connectivity index (χ3n) is 6.82. The van der Waals surface area contributed by atoms with Crippen LogP contribution in [0.15, 0.2) is 70.4 Å². The van der Waals surface area contributed by atoms with Gasteiger partial charge in [0, 0.05) is 43.1 Å². The van der Waals surface area contributed by atoms with Crippen LogP contribution in [-0.2, 0) is 16.6 Å². The van der Waals surface area contributed by atoms with Crippen LogP contribution >= 0.6 is 11.6 Å². The van der Waals surface area contributed by atoms with E-state index in [2.05, 4.69) is 4.90 Å². The van der Waals surface area contributed by atoms with Gasteiger partial charge in [-0.15, -0.1) is 0 Å².